The summed E-state index contributed by atoms with van der Waals surface area (Å²) in [6.45, 7) is 2.24. The van der Waals surface area contributed by atoms with Crippen molar-refractivity contribution in [2.24, 2.45) is 0 Å². The molecule has 1 aromatic carbocycles. The van der Waals surface area contributed by atoms with Gasteiger partial charge >= 0.3 is 0 Å². The van der Waals surface area contributed by atoms with Gasteiger partial charge in [-0.15, -0.1) is 0 Å². The Kier molecular flexibility index (Phi) is 3.62. The molecule has 0 aliphatic rings. The number of para-hydroxylation sites is 1. The topological polar surface area (TPSA) is 27.8 Å². The summed E-state index contributed by atoms with van der Waals surface area (Å²) in [5.74, 6) is 0. The van der Waals surface area contributed by atoms with E-state index in [2.05, 4.69) is 54.7 Å². The zero-order chi connectivity index (χ0) is 11.4. The van der Waals surface area contributed by atoms with Crippen LogP contribution in [0, 0.1) is 0 Å². The molecule has 2 N–H and O–H groups in total. The van der Waals surface area contributed by atoms with Crippen molar-refractivity contribution in [3.8, 4) is 0 Å². The van der Waals surface area contributed by atoms with Gasteiger partial charge < -0.3 is 10.3 Å². The lowest BCUT2D eigenvalue weighted by Crippen LogP contribution is -2.27. The third-order valence-corrected chi connectivity index (χ3v) is 3.19. The monoisotopic (exact) mass is 220 g/mol. The van der Waals surface area contributed by atoms with Gasteiger partial charge in [-0.1, -0.05) is 31.5 Å². The number of rotatable bonds is 5. The quantitative estimate of drug-likeness (QED) is 0.792. The summed E-state index contributed by atoms with van der Waals surface area (Å²) in [7, 11) is 2.05. The van der Waals surface area contributed by atoms with E-state index < -0.39 is 0 Å². The molecule has 2 nitrogen and oxygen atoms in total. The minimum absolute atomic E-state index is 0. The van der Waals surface area contributed by atoms with Crippen molar-refractivity contribution >= 4 is 10.9 Å². The van der Waals surface area contributed by atoms with E-state index in [0.29, 0.717) is 6.04 Å². The van der Waals surface area contributed by atoms with E-state index in [4.69, 9.17) is 0 Å². The highest BCUT2D eigenvalue weighted by Gasteiger charge is 2.09. The second-order valence-electron chi connectivity index (χ2n) is 4.34. The van der Waals surface area contributed by atoms with Gasteiger partial charge in [-0.2, -0.15) is 0 Å². The Hall–Kier alpha value is -1.28. The van der Waals surface area contributed by atoms with E-state index in [0.717, 1.165) is 6.42 Å². The number of hydrogen-bond donors (Lipinski definition) is 2. The molecule has 1 heterocycles. The smallest absolute Gasteiger partial charge is 0.0456 e. The third-order valence-electron chi connectivity index (χ3n) is 3.19. The van der Waals surface area contributed by atoms with Crippen LogP contribution in [0.1, 0.15) is 28.2 Å². The molecule has 0 radical (unpaired) electrons. The van der Waals surface area contributed by atoms with Crippen LogP contribution in [0.2, 0.25) is 0 Å². The Labute approximate surface area is 100 Å². The molecule has 0 aliphatic heterocycles. The number of nitrogens with one attached hydrogen (secondary N) is 2. The largest absolute Gasteiger partial charge is 0.361 e. The maximum absolute atomic E-state index is 3.39. The van der Waals surface area contributed by atoms with Gasteiger partial charge in [0.2, 0.25) is 0 Å². The Balaban J connectivity index is 0.00000144. The SMILES string of the molecule is CCC[C@H](Cc1c[nH]c2ccccc12)NC.[HH].[HH]. The lowest BCUT2D eigenvalue weighted by atomic mass is 10.0. The van der Waals surface area contributed by atoms with Crippen LogP contribution in [-0.2, 0) is 6.42 Å². The zero-order valence-electron chi connectivity index (χ0n) is 10.1. The van der Waals surface area contributed by atoms with E-state index in [9.17, 15) is 0 Å². The van der Waals surface area contributed by atoms with Crippen LogP contribution in [0.3, 0.4) is 0 Å². The molecule has 0 fully saturated rings. The molecule has 0 aliphatic carbocycles. The Morgan fingerprint density at radius 1 is 1.38 bits per heavy atom. The second-order valence-corrected chi connectivity index (χ2v) is 4.34. The molecule has 0 bridgehead atoms. The average Bonchev–Trinajstić information content (AvgIpc) is 2.72. The third kappa shape index (κ3) is 2.27. The first-order valence-corrected chi connectivity index (χ1v) is 6.07. The summed E-state index contributed by atoms with van der Waals surface area (Å²) in [5, 5.41) is 4.75. The molecule has 1 aromatic heterocycles. The predicted octanol–water partition coefficient (Wildman–Crippen LogP) is 3.59. The molecule has 1 atom stereocenters. The number of fused-ring (bicyclic) bond motifs is 1. The maximum atomic E-state index is 3.39. The molecule has 0 saturated heterocycles. The first kappa shape index (κ1) is 11.2. The summed E-state index contributed by atoms with van der Waals surface area (Å²) in [4.78, 5) is 3.33. The minimum Gasteiger partial charge on any atom is -0.361 e. The molecule has 0 unspecified atom stereocenters. The molecule has 0 saturated carbocycles. The molecule has 2 aromatic rings. The Morgan fingerprint density at radius 3 is 2.94 bits per heavy atom. The van der Waals surface area contributed by atoms with Gasteiger partial charge in [0.15, 0.2) is 0 Å². The van der Waals surface area contributed by atoms with Crippen molar-refractivity contribution in [1.29, 1.82) is 0 Å². The number of aromatic nitrogens is 1. The fraction of sp³-hybridized carbons (Fsp3) is 0.429. The summed E-state index contributed by atoms with van der Waals surface area (Å²) < 4.78 is 0. The molecule has 16 heavy (non-hydrogen) atoms. The lowest BCUT2D eigenvalue weighted by molar-refractivity contribution is 0.515. The van der Waals surface area contributed by atoms with E-state index in [1.807, 2.05) is 0 Å². The molecular formula is C14H24N2. The summed E-state index contributed by atoms with van der Waals surface area (Å²) >= 11 is 0. The fourth-order valence-corrected chi connectivity index (χ4v) is 2.26. The van der Waals surface area contributed by atoms with Gasteiger partial charge in [-0.25, -0.2) is 0 Å². The van der Waals surface area contributed by atoms with E-state index >= 15 is 0 Å². The van der Waals surface area contributed by atoms with Gasteiger partial charge in [-0.05, 0) is 31.5 Å². The Morgan fingerprint density at radius 2 is 2.19 bits per heavy atom. The van der Waals surface area contributed by atoms with E-state index in [1.165, 1.54) is 29.3 Å². The second kappa shape index (κ2) is 5.17. The predicted molar refractivity (Wildman–Crippen MR) is 74.0 cm³/mol. The highest BCUT2D eigenvalue weighted by molar-refractivity contribution is 5.83. The number of likely N-dealkylation sites (N-methyl/N-ethyl adjacent to an activating group) is 1. The van der Waals surface area contributed by atoms with Gasteiger partial charge in [0, 0.05) is 26.0 Å². The summed E-state index contributed by atoms with van der Waals surface area (Å²) in [6, 6.07) is 9.09. The summed E-state index contributed by atoms with van der Waals surface area (Å²) in [5.41, 5.74) is 2.66. The number of aromatic amines is 1. The number of H-pyrrole nitrogens is 1. The van der Waals surface area contributed by atoms with Crippen LogP contribution in [0.4, 0.5) is 0 Å². The maximum Gasteiger partial charge on any atom is 0.0456 e. The Bertz CT molecular complexity index is 454. The van der Waals surface area contributed by atoms with Crippen LogP contribution in [0.15, 0.2) is 30.5 Å². The van der Waals surface area contributed by atoms with Crippen molar-refractivity contribution in [2.45, 2.75) is 32.2 Å². The normalized spacial score (nSPS) is 13.1. The van der Waals surface area contributed by atoms with Crippen LogP contribution >= 0.6 is 0 Å². The molecule has 0 spiro atoms. The van der Waals surface area contributed by atoms with Crippen LogP contribution in [0.5, 0.6) is 0 Å². The van der Waals surface area contributed by atoms with Gasteiger partial charge in [0.1, 0.15) is 0 Å². The molecule has 0 amide bonds. The van der Waals surface area contributed by atoms with Crippen molar-refractivity contribution < 1.29 is 2.85 Å². The molecule has 90 valence electrons. The molecular weight excluding hydrogens is 196 g/mol. The zero-order valence-corrected chi connectivity index (χ0v) is 10.1. The van der Waals surface area contributed by atoms with Gasteiger partial charge in [0.05, 0.1) is 0 Å². The summed E-state index contributed by atoms with van der Waals surface area (Å²) in [6.07, 6.45) is 5.71. The molecule has 2 heteroatoms. The standard InChI is InChI=1S/C14H20N2.2H2/c1-3-6-12(15-2)9-11-10-16-14-8-5-4-7-13(11)14;;/h4-5,7-8,10,12,15-16H,3,6,9H2,1-2H3;2*1H/t12-;;/m1../s1. The van der Waals surface area contributed by atoms with Crippen LogP contribution < -0.4 is 5.32 Å². The number of hydrogen-bond acceptors (Lipinski definition) is 1. The van der Waals surface area contributed by atoms with E-state index in [-0.39, 0.29) is 2.85 Å². The minimum atomic E-state index is 0. The first-order valence-electron chi connectivity index (χ1n) is 6.07. The number of benzene rings is 1. The van der Waals surface area contributed by atoms with Crippen molar-refractivity contribution in [3.05, 3.63) is 36.0 Å². The van der Waals surface area contributed by atoms with Crippen molar-refractivity contribution in [1.82, 2.24) is 10.3 Å². The highest BCUT2D eigenvalue weighted by atomic mass is 14.9. The van der Waals surface area contributed by atoms with Crippen molar-refractivity contribution in [2.75, 3.05) is 7.05 Å². The van der Waals surface area contributed by atoms with Crippen LogP contribution in [0.25, 0.3) is 10.9 Å². The van der Waals surface area contributed by atoms with E-state index in [1.54, 1.807) is 0 Å². The molecule has 2 rings (SSSR count). The van der Waals surface area contributed by atoms with Crippen molar-refractivity contribution in [3.63, 3.8) is 0 Å². The van der Waals surface area contributed by atoms with Gasteiger partial charge in [0.25, 0.3) is 0 Å². The lowest BCUT2D eigenvalue weighted by Gasteiger charge is -2.14. The average molecular weight is 220 g/mol. The highest BCUT2D eigenvalue weighted by Crippen LogP contribution is 2.19. The van der Waals surface area contributed by atoms with Gasteiger partial charge in [-0.3, -0.25) is 0 Å². The van der Waals surface area contributed by atoms with Crippen LogP contribution in [-0.4, -0.2) is 18.1 Å². The first-order chi connectivity index (χ1) is 7.85. The fourth-order valence-electron chi connectivity index (χ4n) is 2.26.